The van der Waals surface area contributed by atoms with Crippen LogP contribution in [0.1, 0.15) is 12.2 Å². The number of H-pyrrole nitrogens is 1. The van der Waals surface area contributed by atoms with Crippen LogP contribution in [0.4, 0.5) is 10.2 Å². The highest BCUT2D eigenvalue weighted by molar-refractivity contribution is 5.80. The van der Waals surface area contributed by atoms with Crippen molar-refractivity contribution in [2.45, 2.75) is 18.9 Å². The highest BCUT2D eigenvalue weighted by Crippen LogP contribution is 2.20. The molecule has 3 aromatic heterocycles. The minimum atomic E-state index is -0.295. The van der Waals surface area contributed by atoms with E-state index >= 15 is 0 Å². The van der Waals surface area contributed by atoms with E-state index in [0.29, 0.717) is 42.9 Å². The standard InChI is InChI=1S/C19H23FN8O/c1-21-19(23-9-6-16-25-17(27-26-16)15-5-3-11-29-15)24-13-7-10-28(12-13)18-14(20)4-2-8-22-18/h2-5,8,11,13H,6-7,9-10,12H2,1H3,(H2,21,23,24)(H,25,26,27). The van der Waals surface area contributed by atoms with Crippen molar-refractivity contribution in [2.75, 3.05) is 31.6 Å². The lowest BCUT2D eigenvalue weighted by molar-refractivity contribution is 0.577. The third-order valence-electron chi connectivity index (χ3n) is 4.72. The van der Waals surface area contributed by atoms with Gasteiger partial charge in [0, 0.05) is 45.3 Å². The highest BCUT2D eigenvalue weighted by Gasteiger charge is 2.25. The van der Waals surface area contributed by atoms with Crippen LogP contribution in [0.15, 0.2) is 46.1 Å². The van der Waals surface area contributed by atoms with E-state index in [0.717, 1.165) is 18.8 Å². The van der Waals surface area contributed by atoms with Gasteiger partial charge in [-0.05, 0) is 30.7 Å². The van der Waals surface area contributed by atoms with Gasteiger partial charge in [-0.3, -0.25) is 10.1 Å². The first-order valence-electron chi connectivity index (χ1n) is 9.50. The fourth-order valence-corrected chi connectivity index (χ4v) is 3.29. The number of guanidine groups is 1. The maximum absolute atomic E-state index is 13.9. The molecule has 0 amide bonds. The Balaban J connectivity index is 1.25. The second-order valence-electron chi connectivity index (χ2n) is 6.72. The molecule has 0 aliphatic carbocycles. The zero-order chi connectivity index (χ0) is 20.1. The average molecular weight is 398 g/mol. The molecule has 0 aromatic carbocycles. The van der Waals surface area contributed by atoms with Crippen molar-refractivity contribution < 1.29 is 8.81 Å². The predicted molar refractivity (Wildman–Crippen MR) is 107 cm³/mol. The first-order chi connectivity index (χ1) is 14.2. The normalized spacial score (nSPS) is 17.0. The summed E-state index contributed by atoms with van der Waals surface area (Å²) in [5.41, 5.74) is 0. The maximum atomic E-state index is 13.9. The summed E-state index contributed by atoms with van der Waals surface area (Å²) in [6, 6.07) is 6.82. The molecule has 1 fully saturated rings. The lowest BCUT2D eigenvalue weighted by atomic mass is 10.3. The number of hydrogen-bond donors (Lipinski definition) is 3. The third-order valence-corrected chi connectivity index (χ3v) is 4.72. The van der Waals surface area contributed by atoms with Gasteiger partial charge >= 0.3 is 0 Å². The summed E-state index contributed by atoms with van der Waals surface area (Å²) in [5, 5.41) is 13.7. The van der Waals surface area contributed by atoms with Crippen LogP contribution in [0.2, 0.25) is 0 Å². The van der Waals surface area contributed by atoms with Crippen LogP contribution >= 0.6 is 0 Å². The summed E-state index contributed by atoms with van der Waals surface area (Å²) in [4.78, 5) is 14.8. The molecule has 9 nitrogen and oxygen atoms in total. The molecule has 1 saturated heterocycles. The molecule has 152 valence electrons. The fourth-order valence-electron chi connectivity index (χ4n) is 3.29. The Kier molecular flexibility index (Phi) is 5.68. The van der Waals surface area contributed by atoms with Crippen molar-refractivity contribution in [3.63, 3.8) is 0 Å². The fraction of sp³-hybridized carbons (Fsp3) is 0.368. The summed E-state index contributed by atoms with van der Waals surface area (Å²) < 4.78 is 19.2. The van der Waals surface area contributed by atoms with E-state index in [4.69, 9.17) is 4.42 Å². The van der Waals surface area contributed by atoms with Gasteiger partial charge in [-0.15, -0.1) is 0 Å². The zero-order valence-electron chi connectivity index (χ0n) is 16.1. The number of pyridine rings is 1. The summed E-state index contributed by atoms with van der Waals surface area (Å²) in [6.45, 7) is 2.05. The minimum absolute atomic E-state index is 0.165. The van der Waals surface area contributed by atoms with Crippen LogP contribution in [-0.2, 0) is 6.42 Å². The lowest BCUT2D eigenvalue weighted by Gasteiger charge is -2.19. The molecule has 0 spiro atoms. The van der Waals surface area contributed by atoms with Crippen LogP contribution < -0.4 is 15.5 Å². The molecule has 3 N–H and O–H groups in total. The molecule has 1 atom stereocenters. The number of anilines is 1. The van der Waals surface area contributed by atoms with Crippen LogP contribution in [0.5, 0.6) is 0 Å². The zero-order valence-corrected chi connectivity index (χ0v) is 16.1. The Hall–Kier alpha value is -3.43. The van der Waals surface area contributed by atoms with Gasteiger partial charge in [0.1, 0.15) is 5.82 Å². The van der Waals surface area contributed by atoms with Crippen LogP contribution in [-0.4, -0.2) is 58.8 Å². The Morgan fingerprint density at radius 2 is 2.34 bits per heavy atom. The molecule has 0 saturated carbocycles. The van der Waals surface area contributed by atoms with Crippen molar-refractivity contribution in [1.82, 2.24) is 30.8 Å². The van der Waals surface area contributed by atoms with E-state index in [9.17, 15) is 4.39 Å². The molecule has 4 heterocycles. The van der Waals surface area contributed by atoms with Gasteiger partial charge in [0.25, 0.3) is 0 Å². The lowest BCUT2D eigenvalue weighted by Crippen LogP contribution is -2.45. The number of nitrogens with one attached hydrogen (secondary N) is 3. The van der Waals surface area contributed by atoms with Crippen molar-refractivity contribution >= 4 is 11.8 Å². The third kappa shape index (κ3) is 4.53. The van der Waals surface area contributed by atoms with E-state index < -0.39 is 0 Å². The number of hydrogen-bond acceptors (Lipinski definition) is 6. The summed E-state index contributed by atoms with van der Waals surface area (Å²) >= 11 is 0. The Bertz CT molecular complexity index is 955. The second-order valence-corrected chi connectivity index (χ2v) is 6.72. The molecule has 0 bridgehead atoms. The molecule has 1 aliphatic heterocycles. The number of halogens is 1. The van der Waals surface area contributed by atoms with Gasteiger partial charge in [0.15, 0.2) is 23.4 Å². The van der Waals surface area contributed by atoms with E-state index in [1.807, 2.05) is 11.0 Å². The number of aromatic amines is 1. The van der Waals surface area contributed by atoms with E-state index in [2.05, 4.69) is 35.8 Å². The summed E-state index contributed by atoms with van der Waals surface area (Å²) in [7, 11) is 1.73. The molecule has 1 unspecified atom stereocenters. The molecule has 4 rings (SSSR count). The first-order valence-corrected chi connectivity index (χ1v) is 9.50. The molecule has 3 aromatic rings. The molecule has 29 heavy (non-hydrogen) atoms. The average Bonchev–Trinajstić information content (AvgIpc) is 3.49. The molecule has 1 aliphatic rings. The van der Waals surface area contributed by atoms with Gasteiger partial charge in [-0.1, -0.05) is 0 Å². The highest BCUT2D eigenvalue weighted by atomic mass is 19.1. The van der Waals surface area contributed by atoms with Crippen LogP contribution in [0.25, 0.3) is 11.6 Å². The van der Waals surface area contributed by atoms with Gasteiger partial charge < -0.3 is 20.0 Å². The van der Waals surface area contributed by atoms with E-state index in [-0.39, 0.29) is 11.9 Å². The maximum Gasteiger partial charge on any atom is 0.216 e. The van der Waals surface area contributed by atoms with Crippen LogP contribution in [0, 0.1) is 5.82 Å². The van der Waals surface area contributed by atoms with Crippen molar-refractivity contribution in [1.29, 1.82) is 0 Å². The number of aromatic nitrogens is 4. The number of aliphatic imine (C=N–C) groups is 1. The largest absolute Gasteiger partial charge is 0.461 e. The van der Waals surface area contributed by atoms with Crippen molar-refractivity contribution in [3.05, 3.63) is 48.4 Å². The first kappa shape index (κ1) is 18.9. The Morgan fingerprint density at radius 3 is 3.14 bits per heavy atom. The van der Waals surface area contributed by atoms with E-state index in [1.165, 1.54) is 6.07 Å². The van der Waals surface area contributed by atoms with Crippen molar-refractivity contribution in [3.8, 4) is 11.6 Å². The van der Waals surface area contributed by atoms with E-state index in [1.54, 1.807) is 31.6 Å². The Labute approximate surface area is 167 Å². The van der Waals surface area contributed by atoms with Gasteiger partial charge in [0.2, 0.25) is 5.82 Å². The SMILES string of the molecule is CN=C(NCCc1nc(-c2ccco2)n[nH]1)NC1CCN(c2ncccc2F)C1. The number of rotatable bonds is 6. The number of furan rings is 1. The monoisotopic (exact) mass is 398 g/mol. The molecule has 10 heteroatoms. The smallest absolute Gasteiger partial charge is 0.216 e. The topological polar surface area (TPSA) is 107 Å². The number of nitrogens with zero attached hydrogens (tertiary/aromatic N) is 5. The second kappa shape index (κ2) is 8.72. The Morgan fingerprint density at radius 1 is 1.41 bits per heavy atom. The summed E-state index contributed by atoms with van der Waals surface area (Å²) in [6.07, 6.45) is 4.74. The molecule has 0 radical (unpaired) electrons. The van der Waals surface area contributed by atoms with Gasteiger partial charge in [-0.25, -0.2) is 14.4 Å². The minimum Gasteiger partial charge on any atom is -0.461 e. The quantitative estimate of drug-likeness (QED) is 0.427. The van der Waals surface area contributed by atoms with Crippen molar-refractivity contribution in [2.24, 2.45) is 4.99 Å². The van der Waals surface area contributed by atoms with Crippen LogP contribution in [0.3, 0.4) is 0 Å². The molecular formula is C19H23FN8O. The van der Waals surface area contributed by atoms with Gasteiger partial charge in [0.05, 0.1) is 6.26 Å². The summed E-state index contributed by atoms with van der Waals surface area (Å²) in [5.74, 6) is 2.74. The molecular weight excluding hydrogens is 375 g/mol. The predicted octanol–water partition coefficient (Wildman–Crippen LogP) is 1.59. The van der Waals surface area contributed by atoms with Gasteiger partial charge in [-0.2, -0.15) is 5.10 Å².